The smallest absolute Gasteiger partial charge is 0.321 e. The van der Waals surface area contributed by atoms with Gasteiger partial charge in [-0.2, -0.15) is 0 Å². The van der Waals surface area contributed by atoms with Crippen LogP contribution in [0.1, 0.15) is 12.2 Å². The van der Waals surface area contributed by atoms with E-state index in [-0.39, 0.29) is 6.03 Å². The van der Waals surface area contributed by atoms with Crippen molar-refractivity contribution in [1.82, 2.24) is 30.1 Å². The lowest BCUT2D eigenvalue weighted by Crippen LogP contribution is -2.44. The summed E-state index contributed by atoms with van der Waals surface area (Å²) in [7, 11) is 3.80. The highest BCUT2D eigenvalue weighted by atomic mass is 32.1. The molecular weight excluding hydrogens is 568 g/mol. The second-order valence-corrected chi connectivity index (χ2v) is 11.3. The molecule has 0 spiro atoms. The molecule has 43 heavy (non-hydrogen) atoms. The van der Waals surface area contributed by atoms with Gasteiger partial charge in [-0.15, -0.1) is 0 Å². The van der Waals surface area contributed by atoms with E-state index in [2.05, 4.69) is 47.7 Å². The number of ether oxygens (including phenoxy) is 2. The minimum Gasteiger partial charge on any atom is -0.493 e. The zero-order chi connectivity index (χ0) is 29.6. The fraction of sp³-hybridized carbons (Fsp3) is 0.333. The van der Waals surface area contributed by atoms with E-state index in [1.54, 1.807) is 25.5 Å². The maximum absolute atomic E-state index is 12.3. The molecule has 5 aromatic rings. The van der Waals surface area contributed by atoms with Crippen LogP contribution in [0.4, 0.5) is 21.4 Å². The zero-order valence-corrected chi connectivity index (χ0v) is 24.9. The van der Waals surface area contributed by atoms with Gasteiger partial charge in [-0.3, -0.25) is 5.32 Å². The van der Waals surface area contributed by atoms with Gasteiger partial charge in [0.2, 0.25) is 0 Å². The minimum atomic E-state index is -0.353. The first-order valence-electron chi connectivity index (χ1n) is 14.2. The molecule has 3 N–H and O–H groups in total. The SMILES string of the molecule is COc1cc2c(Nc3ccc4nc(NC(=O)NCc5ccco5)sc4c3)ncnc2cc1OCCCN1CCN(C)CC1. The lowest BCUT2D eigenvalue weighted by molar-refractivity contribution is 0.145. The van der Waals surface area contributed by atoms with Crippen molar-refractivity contribution in [3.8, 4) is 11.5 Å². The van der Waals surface area contributed by atoms with Crippen molar-refractivity contribution in [3.63, 3.8) is 0 Å². The fourth-order valence-corrected chi connectivity index (χ4v) is 5.79. The number of anilines is 3. The molecule has 4 heterocycles. The second kappa shape index (κ2) is 13.2. The Bertz CT molecular complexity index is 1680. The van der Waals surface area contributed by atoms with Crippen LogP contribution in [0.2, 0.25) is 0 Å². The summed E-state index contributed by atoms with van der Waals surface area (Å²) in [6, 6.07) is 12.8. The number of aromatic nitrogens is 3. The Morgan fingerprint density at radius 2 is 1.95 bits per heavy atom. The van der Waals surface area contributed by atoms with Crippen LogP contribution in [0.5, 0.6) is 11.5 Å². The molecule has 0 aliphatic carbocycles. The largest absolute Gasteiger partial charge is 0.493 e. The number of hydrogen-bond donors (Lipinski definition) is 3. The Hall–Kier alpha value is -4.46. The Kier molecular flexibility index (Phi) is 8.82. The average Bonchev–Trinajstić information content (AvgIpc) is 3.68. The van der Waals surface area contributed by atoms with E-state index in [0.29, 0.717) is 41.4 Å². The number of piperazine rings is 1. The number of rotatable bonds is 11. The van der Waals surface area contributed by atoms with Gasteiger partial charge in [0, 0.05) is 49.9 Å². The molecule has 2 amide bonds. The Morgan fingerprint density at radius 1 is 1.07 bits per heavy atom. The number of methoxy groups -OCH3 is 1. The third-order valence-electron chi connectivity index (χ3n) is 7.27. The summed E-state index contributed by atoms with van der Waals surface area (Å²) < 4.78 is 18.0. The van der Waals surface area contributed by atoms with Gasteiger partial charge in [-0.1, -0.05) is 11.3 Å². The van der Waals surface area contributed by atoms with Gasteiger partial charge in [0.05, 0.1) is 42.3 Å². The molecule has 224 valence electrons. The number of urea groups is 1. The highest BCUT2D eigenvalue weighted by Gasteiger charge is 2.15. The predicted molar refractivity (Wildman–Crippen MR) is 168 cm³/mol. The number of thiazole rings is 1. The summed E-state index contributed by atoms with van der Waals surface area (Å²) in [6.45, 7) is 6.32. The van der Waals surface area contributed by atoms with Crippen LogP contribution < -0.4 is 25.4 Å². The summed E-state index contributed by atoms with van der Waals surface area (Å²) in [4.78, 5) is 30.6. The van der Waals surface area contributed by atoms with E-state index < -0.39 is 0 Å². The van der Waals surface area contributed by atoms with Crippen molar-refractivity contribution in [2.45, 2.75) is 13.0 Å². The maximum Gasteiger partial charge on any atom is 0.321 e. The normalized spacial score (nSPS) is 14.2. The van der Waals surface area contributed by atoms with Crippen LogP contribution in [0.3, 0.4) is 0 Å². The molecule has 1 aliphatic heterocycles. The van der Waals surface area contributed by atoms with Gasteiger partial charge in [-0.25, -0.2) is 19.7 Å². The molecule has 1 fully saturated rings. The molecule has 12 nitrogen and oxygen atoms in total. The fourth-order valence-electron chi connectivity index (χ4n) is 4.89. The van der Waals surface area contributed by atoms with Crippen LogP contribution in [0.25, 0.3) is 21.1 Å². The van der Waals surface area contributed by atoms with Gasteiger partial charge in [0.15, 0.2) is 16.6 Å². The number of fused-ring (bicyclic) bond motifs is 2. The number of furan rings is 1. The number of nitrogens with one attached hydrogen (secondary N) is 3. The molecule has 0 saturated carbocycles. The summed E-state index contributed by atoms with van der Waals surface area (Å²) in [5, 5.41) is 10.2. The van der Waals surface area contributed by atoms with Crippen LogP contribution in [-0.2, 0) is 6.54 Å². The van der Waals surface area contributed by atoms with E-state index in [9.17, 15) is 4.79 Å². The first-order valence-corrected chi connectivity index (χ1v) is 15.0. The topological polar surface area (TPSA) is 130 Å². The molecular formula is C30H34N8O4S. The van der Waals surface area contributed by atoms with Crippen molar-refractivity contribution in [2.24, 2.45) is 0 Å². The summed E-state index contributed by atoms with van der Waals surface area (Å²) in [6.07, 6.45) is 4.04. The summed E-state index contributed by atoms with van der Waals surface area (Å²) in [5.41, 5.74) is 2.35. The molecule has 0 atom stereocenters. The first-order chi connectivity index (χ1) is 21.0. The molecule has 13 heteroatoms. The number of amides is 2. The van der Waals surface area contributed by atoms with Crippen molar-refractivity contribution in [2.75, 3.05) is 64.1 Å². The van der Waals surface area contributed by atoms with Crippen LogP contribution in [0.15, 0.2) is 59.5 Å². The molecule has 0 radical (unpaired) electrons. The number of hydrogen-bond acceptors (Lipinski definition) is 11. The lowest BCUT2D eigenvalue weighted by atomic mass is 10.2. The molecule has 1 saturated heterocycles. The molecule has 0 unspecified atom stereocenters. The van der Waals surface area contributed by atoms with Gasteiger partial charge < -0.3 is 34.3 Å². The zero-order valence-electron chi connectivity index (χ0n) is 24.1. The van der Waals surface area contributed by atoms with Crippen LogP contribution in [-0.4, -0.2) is 84.3 Å². The number of nitrogens with zero attached hydrogens (tertiary/aromatic N) is 5. The van der Waals surface area contributed by atoms with Crippen molar-refractivity contribution in [3.05, 3.63) is 60.8 Å². The van der Waals surface area contributed by atoms with Crippen molar-refractivity contribution >= 4 is 55.1 Å². The van der Waals surface area contributed by atoms with Crippen LogP contribution in [0, 0.1) is 0 Å². The monoisotopic (exact) mass is 602 g/mol. The van der Waals surface area contributed by atoms with Crippen molar-refractivity contribution in [1.29, 1.82) is 0 Å². The molecule has 2 aromatic carbocycles. The van der Waals surface area contributed by atoms with Gasteiger partial charge >= 0.3 is 6.03 Å². The van der Waals surface area contributed by atoms with E-state index in [1.165, 1.54) is 17.7 Å². The predicted octanol–water partition coefficient (Wildman–Crippen LogP) is 4.92. The maximum atomic E-state index is 12.3. The molecule has 1 aliphatic rings. The van der Waals surface area contributed by atoms with Gasteiger partial charge in [0.1, 0.15) is 17.9 Å². The van der Waals surface area contributed by atoms with E-state index in [1.807, 2.05) is 30.3 Å². The quantitative estimate of drug-likeness (QED) is 0.179. The molecule has 3 aromatic heterocycles. The highest BCUT2D eigenvalue weighted by molar-refractivity contribution is 7.22. The van der Waals surface area contributed by atoms with E-state index in [0.717, 1.165) is 66.0 Å². The number of likely N-dealkylation sites (N-methyl/N-ethyl adjacent to an activating group) is 1. The highest BCUT2D eigenvalue weighted by Crippen LogP contribution is 2.36. The van der Waals surface area contributed by atoms with E-state index in [4.69, 9.17) is 13.9 Å². The Balaban J connectivity index is 1.10. The lowest BCUT2D eigenvalue weighted by Gasteiger charge is -2.32. The summed E-state index contributed by atoms with van der Waals surface area (Å²) >= 11 is 1.38. The first kappa shape index (κ1) is 28.6. The van der Waals surface area contributed by atoms with Gasteiger partial charge in [0.25, 0.3) is 0 Å². The molecule has 0 bridgehead atoms. The Labute approximate surface area is 253 Å². The number of carbonyl (C=O) groups excluding carboxylic acids is 1. The number of benzene rings is 2. The van der Waals surface area contributed by atoms with Crippen molar-refractivity contribution < 1.29 is 18.7 Å². The minimum absolute atomic E-state index is 0.292. The average molecular weight is 603 g/mol. The van der Waals surface area contributed by atoms with E-state index >= 15 is 0 Å². The third kappa shape index (κ3) is 7.13. The molecule has 6 rings (SSSR count). The third-order valence-corrected chi connectivity index (χ3v) is 8.20. The Morgan fingerprint density at radius 3 is 2.77 bits per heavy atom. The number of carbonyl (C=O) groups is 1. The standard InChI is InChI=1S/C30H34N8O4S/c1-37-9-11-38(12-10-37)8-4-14-42-26-17-24-22(16-25(26)40-2)28(33-19-32-24)34-20-6-7-23-27(15-20)43-30(35-23)36-29(39)31-18-21-5-3-13-41-21/h3,5-7,13,15-17,19H,4,8-12,14,18H2,1-2H3,(H,32,33,34)(H2,31,35,36,39). The van der Waals surface area contributed by atoms with Gasteiger partial charge in [-0.05, 0) is 49.9 Å². The summed E-state index contributed by atoms with van der Waals surface area (Å²) in [5.74, 6) is 2.61. The van der Waals surface area contributed by atoms with Crippen LogP contribution >= 0.6 is 11.3 Å². The second-order valence-electron chi connectivity index (χ2n) is 10.3.